The number of pyridine rings is 1. The maximum atomic E-state index is 5.97. The van der Waals surface area contributed by atoms with Crippen LogP contribution in [-0.4, -0.2) is 21.6 Å². The van der Waals surface area contributed by atoms with Gasteiger partial charge in [0.25, 0.3) is 0 Å². The summed E-state index contributed by atoms with van der Waals surface area (Å²) in [4.78, 5) is 12.1. The van der Waals surface area contributed by atoms with Crippen LogP contribution >= 0.6 is 0 Å². The molecule has 0 fully saturated rings. The highest BCUT2D eigenvalue weighted by Gasteiger charge is 2.10. The number of aromatic nitrogens is 3. The molecule has 0 aliphatic heterocycles. The van der Waals surface area contributed by atoms with E-state index in [1.807, 2.05) is 32.0 Å². The lowest BCUT2D eigenvalue weighted by molar-refractivity contribution is 0.225. The smallest absolute Gasteiger partial charge is 0.142 e. The standard InChI is InChI=1S/C18H20N4O/c1-4-23-12(3)8-13-5-6-15-16(9-13)22-18(21-15)14-7-11(2)10-20-17(14)19/h5-7,9-10H,3-4,8H2,1-2H3,(H2,19,20)(H,21,22). The van der Waals surface area contributed by atoms with E-state index in [-0.39, 0.29) is 0 Å². The minimum atomic E-state index is 0.472. The molecule has 0 atom stereocenters. The summed E-state index contributed by atoms with van der Waals surface area (Å²) >= 11 is 0. The molecule has 0 aliphatic carbocycles. The van der Waals surface area contributed by atoms with Crippen LogP contribution < -0.4 is 5.73 Å². The maximum absolute atomic E-state index is 5.97. The number of rotatable bonds is 5. The molecule has 3 aromatic rings. The van der Waals surface area contributed by atoms with Gasteiger partial charge in [0.05, 0.1) is 29.0 Å². The molecule has 0 spiro atoms. The molecule has 0 bridgehead atoms. The molecule has 5 nitrogen and oxygen atoms in total. The number of anilines is 1. The van der Waals surface area contributed by atoms with Gasteiger partial charge in [0.15, 0.2) is 0 Å². The highest BCUT2D eigenvalue weighted by atomic mass is 16.5. The Morgan fingerprint density at radius 3 is 2.96 bits per heavy atom. The number of allylic oxidation sites excluding steroid dienone is 1. The summed E-state index contributed by atoms with van der Waals surface area (Å²) < 4.78 is 5.42. The Labute approximate surface area is 135 Å². The van der Waals surface area contributed by atoms with Crippen molar-refractivity contribution in [3.8, 4) is 11.4 Å². The third-order valence-electron chi connectivity index (χ3n) is 3.61. The molecule has 0 aliphatic rings. The first kappa shape index (κ1) is 15.1. The van der Waals surface area contributed by atoms with Gasteiger partial charge in [0, 0.05) is 12.6 Å². The minimum absolute atomic E-state index is 0.472. The van der Waals surface area contributed by atoms with Crippen LogP contribution in [0.2, 0.25) is 0 Å². The topological polar surface area (TPSA) is 76.8 Å². The number of fused-ring (bicyclic) bond motifs is 1. The van der Waals surface area contributed by atoms with Gasteiger partial charge in [0.1, 0.15) is 11.6 Å². The average Bonchev–Trinajstić information content (AvgIpc) is 2.93. The van der Waals surface area contributed by atoms with Crippen molar-refractivity contribution in [2.45, 2.75) is 20.3 Å². The Bertz CT molecular complexity index is 867. The molecule has 3 N–H and O–H groups in total. The molecule has 23 heavy (non-hydrogen) atoms. The van der Waals surface area contributed by atoms with Crippen molar-refractivity contribution in [2.24, 2.45) is 0 Å². The van der Waals surface area contributed by atoms with E-state index >= 15 is 0 Å². The second-order valence-electron chi connectivity index (χ2n) is 5.53. The number of nitrogen functional groups attached to an aromatic ring is 1. The minimum Gasteiger partial charge on any atom is -0.498 e. The summed E-state index contributed by atoms with van der Waals surface area (Å²) in [6.45, 7) is 8.49. The fourth-order valence-corrected chi connectivity index (χ4v) is 2.55. The predicted octanol–water partition coefficient (Wildman–Crippen LogP) is 3.61. The number of H-pyrrole nitrogens is 1. The molecule has 5 heteroatoms. The molecular formula is C18H20N4O. The van der Waals surface area contributed by atoms with Crippen LogP contribution in [0, 0.1) is 6.92 Å². The molecule has 2 heterocycles. The first-order valence-corrected chi connectivity index (χ1v) is 7.58. The van der Waals surface area contributed by atoms with Crippen LogP contribution in [0.3, 0.4) is 0 Å². The third-order valence-corrected chi connectivity index (χ3v) is 3.61. The largest absolute Gasteiger partial charge is 0.498 e. The average molecular weight is 308 g/mol. The molecule has 1 aromatic carbocycles. The Morgan fingerprint density at radius 1 is 1.35 bits per heavy atom. The lowest BCUT2D eigenvalue weighted by atomic mass is 10.1. The first-order valence-electron chi connectivity index (χ1n) is 7.58. The fourth-order valence-electron chi connectivity index (χ4n) is 2.55. The maximum Gasteiger partial charge on any atom is 0.142 e. The zero-order valence-corrected chi connectivity index (χ0v) is 13.4. The summed E-state index contributed by atoms with van der Waals surface area (Å²) in [5.74, 6) is 1.97. The van der Waals surface area contributed by atoms with E-state index in [0.29, 0.717) is 18.8 Å². The quantitative estimate of drug-likeness (QED) is 0.706. The molecule has 118 valence electrons. The van der Waals surface area contributed by atoms with Gasteiger partial charge in [-0.25, -0.2) is 9.97 Å². The van der Waals surface area contributed by atoms with Crippen LogP contribution in [0.1, 0.15) is 18.1 Å². The van der Waals surface area contributed by atoms with Crippen LogP contribution in [0.15, 0.2) is 42.8 Å². The monoisotopic (exact) mass is 308 g/mol. The van der Waals surface area contributed by atoms with Gasteiger partial charge in [-0.3, -0.25) is 0 Å². The Kier molecular flexibility index (Phi) is 4.02. The Balaban J connectivity index is 1.96. The second-order valence-corrected chi connectivity index (χ2v) is 5.53. The van der Waals surface area contributed by atoms with E-state index in [1.165, 1.54) is 0 Å². The summed E-state index contributed by atoms with van der Waals surface area (Å²) in [5.41, 5.74) is 10.8. The number of ether oxygens (including phenoxy) is 1. The number of nitrogens with two attached hydrogens (primary N) is 1. The number of imidazole rings is 1. The molecule has 0 unspecified atom stereocenters. The molecular weight excluding hydrogens is 288 g/mol. The van der Waals surface area contributed by atoms with Crippen LogP contribution in [0.5, 0.6) is 0 Å². The summed E-state index contributed by atoms with van der Waals surface area (Å²) in [6.07, 6.45) is 2.44. The van der Waals surface area contributed by atoms with Gasteiger partial charge in [-0.1, -0.05) is 12.6 Å². The van der Waals surface area contributed by atoms with E-state index in [1.54, 1.807) is 6.20 Å². The van der Waals surface area contributed by atoms with Crippen LogP contribution in [-0.2, 0) is 11.2 Å². The van der Waals surface area contributed by atoms with Gasteiger partial charge in [0.2, 0.25) is 0 Å². The van der Waals surface area contributed by atoms with Crippen molar-refractivity contribution in [2.75, 3.05) is 12.3 Å². The van der Waals surface area contributed by atoms with Crippen molar-refractivity contribution in [1.29, 1.82) is 0 Å². The molecule has 0 saturated heterocycles. The number of benzene rings is 1. The Hall–Kier alpha value is -2.82. The van der Waals surface area contributed by atoms with Crippen LogP contribution in [0.4, 0.5) is 5.82 Å². The SMILES string of the molecule is C=C(Cc1ccc2nc(-c3cc(C)cnc3N)[nH]c2c1)OCC. The van der Waals surface area contributed by atoms with Gasteiger partial charge in [-0.05, 0) is 43.2 Å². The van der Waals surface area contributed by atoms with E-state index < -0.39 is 0 Å². The zero-order valence-electron chi connectivity index (χ0n) is 13.4. The van der Waals surface area contributed by atoms with Gasteiger partial charge in [-0.2, -0.15) is 0 Å². The van der Waals surface area contributed by atoms with Gasteiger partial charge >= 0.3 is 0 Å². The van der Waals surface area contributed by atoms with Crippen LogP contribution in [0.25, 0.3) is 22.4 Å². The van der Waals surface area contributed by atoms with E-state index in [4.69, 9.17) is 10.5 Å². The number of aryl methyl sites for hydroxylation is 1. The van der Waals surface area contributed by atoms with Gasteiger partial charge in [-0.15, -0.1) is 0 Å². The second kappa shape index (κ2) is 6.12. The lowest BCUT2D eigenvalue weighted by Gasteiger charge is -2.06. The number of nitrogens with zero attached hydrogens (tertiary/aromatic N) is 2. The van der Waals surface area contributed by atoms with Crippen molar-refractivity contribution in [1.82, 2.24) is 15.0 Å². The van der Waals surface area contributed by atoms with Gasteiger partial charge < -0.3 is 15.5 Å². The Morgan fingerprint density at radius 2 is 2.17 bits per heavy atom. The highest BCUT2D eigenvalue weighted by Crippen LogP contribution is 2.26. The number of hydrogen-bond donors (Lipinski definition) is 2. The van der Waals surface area contributed by atoms with Crippen molar-refractivity contribution >= 4 is 16.9 Å². The number of aromatic amines is 1. The first-order chi connectivity index (χ1) is 11.1. The summed E-state index contributed by atoms with van der Waals surface area (Å²) in [6, 6.07) is 8.08. The van der Waals surface area contributed by atoms with Crippen molar-refractivity contribution in [3.05, 3.63) is 53.9 Å². The highest BCUT2D eigenvalue weighted by molar-refractivity contribution is 5.82. The molecule has 0 amide bonds. The lowest BCUT2D eigenvalue weighted by Crippen LogP contribution is -1.95. The molecule has 0 saturated carbocycles. The summed E-state index contributed by atoms with van der Waals surface area (Å²) in [7, 11) is 0. The van der Waals surface area contributed by atoms with E-state index in [9.17, 15) is 0 Å². The van der Waals surface area contributed by atoms with E-state index in [2.05, 4.69) is 27.6 Å². The van der Waals surface area contributed by atoms with E-state index in [0.717, 1.165) is 39.3 Å². The molecule has 3 rings (SSSR count). The zero-order chi connectivity index (χ0) is 16.4. The summed E-state index contributed by atoms with van der Waals surface area (Å²) in [5, 5.41) is 0. The molecule has 2 aromatic heterocycles. The van der Waals surface area contributed by atoms with Crippen molar-refractivity contribution < 1.29 is 4.74 Å². The number of hydrogen-bond acceptors (Lipinski definition) is 4. The normalized spacial score (nSPS) is 10.9. The molecule has 0 radical (unpaired) electrons. The van der Waals surface area contributed by atoms with Crippen molar-refractivity contribution in [3.63, 3.8) is 0 Å². The third kappa shape index (κ3) is 3.18. The predicted molar refractivity (Wildman–Crippen MR) is 92.9 cm³/mol. The number of nitrogens with one attached hydrogen (secondary N) is 1. The fraction of sp³-hybridized carbons (Fsp3) is 0.222.